The van der Waals surface area contributed by atoms with Gasteiger partial charge in [0, 0.05) is 0 Å². The van der Waals surface area contributed by atoms with Gasteiger partial charge < -0.3 is 4.74 Å². The van der Waals surface area contributed by atoms with E-state index in [0.29, 0.717) is 0 Å². The zero-order valence-electron chi connectivity index (χ0n) is 12.2. The lowest BCUT2D eigenvalue weighted by atomic mass is 9.78. The summed E-state index contributed by atoms with van der Waals surface area (Å²) in [4.78, 5) is 4.87. The number of aryl methyl sites for hydroxylation is 1. The number of nitrogens with zero attached hydrogens (tertiary/aromatic N) is 1. The fraction of sp³-hybridized carbons (Fsp3) is 0.588. The molecule has 0 unspecified atom stereocenters. The van der Waals surface area contributed by atoms with Gasteiger partial charge in [0.2, 0.25) is 0 Å². The monoisotopic (exact) mass is 257 g/mol. The molecule has 2 heteroatoms. The number of hydrogen-bond acceptors (Lipinski definition) is 2. The zero-order chi connectivity index (χ0) is 13.5. The molecule has 1 aromatic rings. The highest BCUT2D eigenvalue weighted by Crippen LogP contribution is 2.44. The van der Waals surface area contributed by atoms with Crippen LogP contribution in [0.25, 0.3) is 0 Å². The third kappa shape index (κ3) is 2.18. The van der Waals surface area contributed by atoms with E-state index in [-0.39, 0.29) is 11.0 Å². The molecule has 1 aromatic carbocycles. The third-order valence-corrected chi connectivity index (χ3v) is 4.44. The Balaban J connectivity index is 2.03. The molecule has 102 valence electrons. The maximum Gasteiger partial charge on any atom is 0.194 e. The fourth-order valence-corrected chi connectivity index (χ4v) is 3.31. The van der Waals surface area contributed by atoms with Crippen molar-refractivity contribution in [3.05, 3.63) is 35.4 Å². The van der Waals surface area contributed by atoms with E-state index in [4.69, 9.17) is 9.73 Å². The van der Waals surface area contributed by atoms with Gasteiger partial charge in [0.15, 0.2) is 5.90 Å². The highest BCUT2D eigenvalue weighted by Gasteiger charge is 2.45. The molecule has 1 aliphatic carbocycles. The van der Waals surface area contributed by atoms with Crippen LogP contribution < -0.4 is 0 Å². The standard InChI is InChI=1S/C17H23NO/c1-13-6-8-14(9-7-13)17(10-4-5-11-17)15-18-16(2,3)12-19-15/h6-9H,4-5,10-12H2,1-3H3. The predicted molar refractivity (Wildman–Crippen MR) is 78.8 cm³/mol. The Morgan fingerprint density at radius 3 is 2.21 bits per heavy atom. The quantitative estimate of drug-likeness (QED) is 0.784. The maximum atomic E-state index is 5.99. The van der Waals surface area contributed by atoms with E-state index >= 15 is 0 Å². The molecule has 0 spiro atoms. The molecule has 1 fully saturated rings. The Morgan fingerprint density at radius 1 is 1.05 bits per heavy atom. The van der Waals surface area contributed by atoms with Crippen LogP contribution in [0.1, 0.15) is 50.7 Å². The number of benzene rings is 1. The van der Waals surface area contributed by atoms with E-state index in [1.165, 1.54) is 36.8 Å². The van der Waals surface area contributed by atoms with Crippen LogP contribution in [0.4, 0.5) is 0 Å². The second kappa shape index (κ2) is 4.36. The summed E-state index contributed by atoms with van der Waals surface area (Å²) in [5, 5.41) is 0. The minimum atomic E-state index is -0.0599. The van der Waals surface area contributed by atoms with Gasteiger partial charge in [0.05, 0.1) is 11.0 Å². The Hall–Kier alpha value is -1.31. The van der Waals surface area contributed by atoms with Gasteiger partial charge in [-0.05, 0) is 39.2 Å². The second-order valence-corrected chi connectivity index (χ2v) is 6.67. The van der Waals surface area contributed by atoms with Gasteiger partial charge >= 0.3 is 0 Å². The SMILES string of the molecule is Cc1ccc(C2(C3=NC(C)(C)CO3)CCCC2)cc1. The van der Waals surface area contributed by atoms with Gasteiger partial charge in [0.25, 0.3) is 0 Å². The lowest BCUT2D eigenvalue weighted by molar-refractivity contribution is 0.258. The summed E-state index contributed by atoms with van der Waals surface area (Å²) in [6.45, 7) is 7.16. The topological polar surface area (TPSA) is 21.6 Å². The highest BCUT2D eigenvalue weighted by molar-refractivity contribution is 5.90. The number of rotatable bonds is 2. The molecule has 0 saturated heterocycles. The van der Waals surface area contributed by atoms with Gasteiger partial charge in [-0.2, -0.15) is 0 Å². The largest absolute Gasteiger partial charge is 0.478 e. The Morgan fingerprint density at radius 2 is 1.68 bits per heavy atom. The van der Waals surface area contributed by atoms with Crippen molar-refractivity contribution < 1.29 is 4.74 Å². The van der Waals surface area contributed by atoms with Crippen molar-refractivity contribution in [3.8, 4) is 0 Å². The first-order valence-electron chi connectivity index (χ1n) is 7.32. The lowest BCUT2D eigenvalue weighted by Gasteiger charge is -2.28. The van der Waals surface area contributed by atoms with Crippen LogP contribution in [0, 0.1) is 6.92 Å². The van der Waals surface area contributed by atoms with Gasteiger partial charge in [-0.25, -0.2) is 4.99 Å². The Bertz CT molecular complexity index is 492. The van der Waals surface area contributed by atoms with E-state index in [9.17, 15) is 0 Å². The summed E-state index contributed by atoms with van der Waals surface area (Å²) in [7, 11) is 0. The molecule has 2 nitrogen and oxygen atoms in total. The van der Waals surface area contributed by atoms with Gasteiger partial charge in [0.1, 0.15) is 6.61 Å². The molecular formula is C17H23NO. The smallest absolute Gasteiger partial charge is 0.194 e. The number of aliphatic imine (C=N–C) groups is 1. The average Bonchev–Trinajstić information content (AvgIpc) is 2.97. The van der Waals surface area contributed by atoms with E-state index in [1.807, 2.05) is 0 Å². The van der Waals surface area contributed by atoms with Crippen LogP contribution in [-0.2, 0) is 10.2 Å². The van der Waals surface area contributed by atoms with E-state index in [0.717, 1.165) is 12.5 Å². The first-order valence-corrected chi connectivity index (χ1v) is 7.32. The van der Waals surface area contributed by atoms with E-state index in [2.05, 4.69) is 45.0 Å². The lowest BCUT2D eigenvalue weighted by Crippen LogP contribution is -2.33. The third-order valence-electron chi connectivity index (χ3n) is 4.44. The van der Waals surface area contributed by atoms with E-state index < -0.39 is 0 Å². The predicted octanol–water partition coefficient (Wildman–Crippen LogP) is 4.01. The average molecular weight is 257 g/mol. The normalized spacial score (nSPS) is 24.1. The van der Waals surface area contributed by atoms with Crippen molar-refractivity contribution >= 4 is 5.90 Å². The second-order valence-electron chi connectivity index (χ2n) is 6.67. The van der Waals surface area contributed by atoms with Crippen LogP contribution >= 0.6 is 0 Å². The highest BCUT2D eigenvalue weighted by atomic mass is 16.5. The number of hydrogen-bond donors (Lipinski definition) is 0. The Labute approximate surface area is 115 Å². The molecular weight excluding hydrogens is 234 g/mol. The minimum absolute atomic E-state index is 0.0431. The maximum absolute atomic E-state index is 5.99. The van der Waals surface area contributed by atoms with Crippen LogP contribution in [0.3, 0.4) is 0 Å². The summed E-state index contributed by atoms with van der Waals surface area (Å²) in [5.41, 5.74) is 2.68. The zero-order valence-corrected chi connectivity index (χ0v) is 12.2. The van der Waals surface area contributed by atoms with Crippen molar-refractivity contribution in [1.82, 2.24) is 0 Å². The van der Waals surface area contributed by atoms with Crippen LogP contribution in [0.15, 0.2) is 29.3 Å². The minimum Gasteiger partial charge on any atom is -0.478 e. The van der Waals surface area contributed by atoms with Gasteiger partial charge in [-0.1, -0.05) is 42.7 Å². The first-order chi connectivity index (χ1) is 9.02. The van der Waals surface area contributed by atoms with Crippen molar-refractivity contribution in [2.75, 3.05) is 6.61 Å². The van der Waals surface area contributed by atoms with Gasteiger partial charge in [-0.3, -0.25) is 0 Å². The molecule has 1 heterocycles. The van der Waals surface area contributed by atoms with Crippen molar-refractivity contribution in [2.45, 2.75) is 57.4 Å². The molecule has 1 aliphatic heterocycles. The van der Waals surface area contributed by atoms with Crippen LogP contribution in [0.2, 0.25) is 0 Å². The Kier molecular flexibility index (Phi) is 2.92. The summed E-state index contributed by atoms with van der Waals surface area (Å²) >= 11 is 0. The molecule has 0 radical (unpaired) electrons. The summed E-state index contributed by atoms with van der Waals surface area (Å²) in [6, 6.07) is 8.93. The molecule has 2 aliphatic rings. The molecule has 3 rings (SSSR count). The summed E-state index contributed by atoms with van der Waals surface area (Å²) < 4.78 is 5.99. The first kappa shape index (κ1) is 12.7. The van der Waals surface area contributed by atoms with Crippen molar-refractivity contribution in [3.63, 3.8) is 0 Å². The summed E-state index contributed by atoms with van der Waals surface area (Å²) in [6.07, 6.45) is 4.89. The molecule has 19 heavy (non-hydrogen) atoms. The molecule has 0 N–H and O–H groups in total. The van der Waals surface area contributed by atoms with Crippen LogP contribution in [0.5, 0.6) is 0 Å². The molecule has 0 bridgehead atoms. The summed E-state index contributed by atoms with van der Waals surface area (Å²) in [5.74, 6) is 0.985. The van der Waals surface area contributed by atoms with Crippen LogP contribution in [-0.4, -0.2) is 18.0 Å². The van der Waals surface area contributed by atoms with E-state index in [1.54, 1.807) is 0 Å². The fourth-order valence-electron chi connectivity index (χ4n) is 3.31. The molecule has 0 atom stereocenters. The molecule has 0 amide bonds. The molecule has 0 aromatic heterocycles. The van der Waals surface area contributed by atoms with Crippen molar-refractivity contribution in [1.29, 1.82) is 0 Å². The van der Waals surface area contributed by atoms with Gasteiger partial charge in [-0.15, -0.1) is 0 Å². The number of ether oxygens (including phenoxy) is 1. The van der Waals surface area contributed by atoms with Crippen molar-refractivity contribution in [2.24, 2.45) is 4.99 Å². The molecule has 1 saturated carbocycles.